The Balaban J connectivity index is 1.52. The Morgan fingerprint density at radius 1 is 1.00 bits per heavy atom. The van der Waals surface area contributed by atoms with Gasteiger partial charge in [0.2, 0.25) is 5.95 Å². The first-order valence-corrected chi connectivity index (χ1v) is 8.42. The molecule has 0 radical (unpaired) electrons. The van der Waals surface area contributed by atoms with Crippen LogP contribution in [0.3, 0.4) is 0 Å². The van der Waals surface area contributed by atoms with Gasteiger partial charge in [-0.1, -0.05) is 30.3 Å². The molecule has 0 unspecified atom stereocenters. The molecule has 0 aliphatic carbocycles. The summed E-state index contributed by atoms with van der Waals surface area (Å²) < 4.78 is 0. The van der Waals surface area contributed by atoms with Crippen molar-refractivity contribution in [2.75, 3.05) is 17.2 Å². The Labute approximate surface area is 152 Å². The van der Waals surface area contributed by atoms with Crippen LogP contribution in [0.1, 0.15) is 22.3 Å². The van der Waals surface area contributed by atoms with Crippen LogP contribution >= 0.6 is 0 Å². The summed E-state index contributed by atoms with van der Waals surface area (Å²) in [6, 6.07) is 18.6. The Hall–Kier alpha value is -3.41. The maximum absolute atomic E-state index is 10.9. The Kier molecular flexibility index (Phi) is 5.77. The molecule has 1 aromatic heterocycles. The maximum atomic E-state index is 10.9. The molecule has 0 atom stereocenters. The van der Waals surface area contributed by atoms with Gasteiger partial charge in [-0.25, -0.2) is 9.78 Å². The Bertz CT molecular complexity index is 851. The van der Waals surface area contributed by atoms with Gasteiger partial charge in [-0.15, -0.1) is 0 Å². The molecule has 3 aromatic rings. The average molecular weight is 348 g/mol. The molecule has 0 saturated carbocycles. The quantitative estimate of drug-likeness (QED) is 0.534. The summed E-state index contributed by atoms with van der Waals surface area (Å²) in [7, 11) is 0. The van der Waals surface area contributed by atoms with Gasteiger partial charge in [0.1, 0.15) is 5.82 Å². The van der Waals surface area contributed by atoms with Crippen LogP contribution in [0.4, 0.5) is 17.5 Å². The third kappa shape index (κ3) is 5.04. The van der Waals surface area contributed by atoms with E-state index >= 15 is 0 Å². The van der Waals surface area contributed by atoms with Gasteiger partial charge in [-0.2, -0.15) is 4.98 Å². The summed E-state index contributed by atoms with van der Waals surface area (Å²) in [4.78, 5) is 19.5. The molecule has 0 bridgehead atoms. The van der Waals surface area contributed by atoms with Crippen molar-refractivity contribution in [3.63, 3.8) is 0 Å². The van der Waals surface area contributed by atoms with E-state index in [9.17, 15) is 4.79 Å². The predicted molar refractivity (Wildman–Crippen MR) is 102 cm³/mol. The van der Waals surface area contributed by atoms with Crippen molar-refractivity contribution in [1.82, 2.24) is 9.97 Å². The van der Waals surface area contributed by atoms with E-state index in [1.807, 2.05) is 18.2 Å². The second-order valence-corrected chi connectivity index (χ2v) is 5.79. The molecule has 0 saturated heterocycles. The largest absolute Gasteiger partial charge is 0.478 e. The summed E-state index contributed by atoms with van der Waals surface area (Å²) in [6.07, 6.45) is 3.67. The van der Waals surface area contributed by atoms with Crippen molar-refractivity contribution in [1.29, 1.82) is 0 Å². The number of hydrogen-bond acceptors (Lipinski definition) is 5. The zero-order valence-corrected chi connectivity index (χ0v) is 14.2. The molecule has 0 aliphatic rings. The van der Waals surface area contributed by atoms with E-state index in [0.717, 1.165) is 25.1 Å². The van der Waals surface area contributed by atoms with Crippen LogP contribution in [0.2, 0.25) is 0 Å². The molecule has 6 heteroatoms. The second kappa shape index (κ2) is 8.62. The number of aromatic carboxylic acids is 1. The van der Waals surface area contributed by atoms with Crippen LogP contribution in [0.25, 0.3) is 0 Å². The fourth-order valence-corrected chi connectivity index (χ4v) is 2.49. The molecule has 3 N–H and O–H groups in total. The third-order valence-electron chi connectivity index (χ3n) is 3.83. The first-order chi connectivity index (χ1) is 12.7. The van der Waals surface area contributed by atoms with E-state index in [1.54, 1.807) is 36.5 Å². The number of benzene rings is 2. The minimum atomic E-state index is -0.944. The lowest BCUT2D eigenvalue weighted by Crippen LogP contribution is -2.07. The van der Waals surface area contributed by atoms with E-state index in [0.29, 0.717) is 11.8 Å². The van der Waals surface area contributed by atoms with E-state index in [1.165, 1.54) is 5.56 Å². The minimum Gasteiger partial charge on any atom is -0.478 e. The van der Waals surface area contributed by atoms with Crippen LogP contribution in [-0.2, 0) is 6.42 Å². The monoisotopic (exact) mass is 348 g/mol. The first-order valence-electron chi connectivity index (χ1n) is 8.42. The molecular weight excluding hydrogens is 328 g/mol. The number of aromatic nitrogens is 2. The fourth-order valence-electron chi connectivity index (χ4n) is 2.49. The lowest BCUT2D eigenvalue weighted by molar-refractivity contribution is 0.0697. The van der Waals surface area contributed by atoms with Gasteiger partial charge in [-0.3, -0.25) is 0 Å². The Morgan fingerprint density at radius 3 is 2.50 bits per heavy atom. The molecule has 0 amide bonds. The smallest absolute Gasteiger partial charge is 0.335 e. The Morgan fingerprint density at radius 2 is 1.77 bits per heavy atom. The molecular formula is C20H20N4O2. The van der Waals surface area contributed by atoms with Crippen LogP contribution in [0.15, 0.2) is 66.9 Å². The average Bonchev–Trinajstić information content (AvgIpc) is 2.67. The molecule has 6 nitrogen and oxygen atoms in total. The van der Waals surface area contributed by atoms with Crippen molar-refractivity contribution < 1.29 is 9.90 Å². The molecule has 0 spiro atoms. The van der Waals surface area contributed by atoms with Crippen LogP contribution < -0.4 is 10.6 Å². The van der Waals surface area contributed by atoms with Crippen molar-refractivity contribution >= 4 is 23.4 Å². The number of anilines is 3. The summed E-state index contributed by atoms with van der Waals surface area (Å²) in [5, 5.41) is 15.3. The SMILES string of the molecule is O=C(O)c1ccc(Nc2ccnc(NCCCc3ccccc3)n2)cc1. The van der Waals surface area contributed by atoms with Gasteiger partial charge in [0.25, 0.3) is 0 Å². The van der Waals surface area contributed by atoms with Crippen LogP contribution in [0, 0.1) is 0 Å². The van der Waals surface area contributed by atoms with Crippen molar-refractivity contribution in [2.24, 2.45) is 0 Å². The standard InChI is InChI=1S/C20H20N4O2/c25-19(26)16-8-10-17(11-9-16)23-18-12-14-22-20(24-18)21-13-4-7-15-5-2-1-3-6-15/h1-3,5-6,8-12,14H,4,7,13H2,(H,25,26)(H2,21,22,23,24). The fraction of sp³-hybridized carbons (Fsp3) is 0.150. The highest BCUT2D eigenvalue weighted by Gasteiger charge is 2.03. The zero-order chi connectivity index (χ0) is 18.2. The third-order valence-corrected chi connectivity index (χ3v) is 3.83. The van der Waals surface area contributed by atoms with E-state index in [4.69, 9.17) is 5.11 Å². The van der Waals surface area contributed by atoms with Gasteiger partial charge >= 0.3 is 5.97 Å². The zero-order valence-electron chi connectivity index (χ0n) is 14.2. The lowest BCUT2D eigenvalue weighted by atomic mass is 10.1. The van der Waals surface area contributed by atoms with Crippen molar-refractivity contribution in [2.45, 2.75) is 12.8 Å². The maximum Gasteiger partial charge on any atom is 0.335 e. The van der Waals surface area contributed by atoms with Crippen LogP contribution in [0.5, 0.6) is 0 Å². The highest BCUT2D eigenvalue weighted by Crippen LogP contribution is 2.16. The molecule has 1 heterocycles. The van der Waals surface area contributed by atoms with Gasteiger partial charge in [0, 0.05) is 18.4 Å². The van der Waals surface area contributed by atoms with E-state index in [-0.39, 0.29) is 5.56 Å². The summed E-state index contributed by atoms with van der Waals surface area (Å²) in [5.41, 5.74) is 2.33. The number of hydrogen-bond donors (Lipinski definition) is 3. The highest BCUT2D eigenvalue weighted by molar-refractivity contribution is 5.88. The van der Waals surface area contributed by atoms with Gasteiger partial charge in [-0.05, 0) is 48.7 Å². The van der Waals surface area contributed by atoms with E-state index < -0.39 is 5.97 Å². The molecule has 26 heavy (non-hydrogen) atoms. The predicted octanol–water partition coefficient (Wildman–Crippen LogP) is 3.96. The van der Waals surface area contributed by atoms with Gasteiger partial charge in [0.15, 0.2) is 0 Å². The molecule has 2 aromatic carbocycles. The summed E-state index contributed by atoms with van der Waals surface area (Å²) in [5.74, 6) is 0.263. The number of aryl methyl sites for hydroxylation is 1. The van der Waals surface area contributed by atoms with Crippen molar-refractivity contribution in [3.8, 4) is 0 Å². The molecule has 0 fully saturated rings. The molecule has 3 rings (SSSR count). The number of carboxylic acids is 1. The number of nitrogens with zero attached hydrogens (tertiary/aromatic N) is 2. The highest BCUT2D eigenvalue weighted by atomic mass is 16.4. The van der Waals surface area contributed by atoms with Crippen molar-refractivity contribution in [3.05, 3.63) is 78.0 Å². The normalized spacial score (nSPS) is 10.3. The first kappa shape index (κ1) is 17.4. The number of rotatable bonds is 8. The lowest BCUT2D eigenvalue weighted by Gasteiger charge is -2.09. The minimum absolute atomic E-state index is 0.249. The van der Waals surface area contributed by atoms with E-state index in [2.05, 4.69) is 32.7 Å². The second-order valence-electron chi connectivity index (χ2n) is 5.79. The molecule has 0 aliphatic heterocycles. The topological polar surface area (TPSA) is 87.1 Å². The van der Waals surface area contributed by atoms with Gasteiger partial charge in [0.05, 0.1) is 5.56 Å². The summed E-state index contributed by atoms with van der Waals surface area (Å²) in [6.45, 7) is 0.783. The van der Waals surface area contributed by atoms with Crippen LogP contribution in [-0.4, -0.2) is 27.6 Å². The summed E-state index contributed by atoms with van der Waals surface area (Å²) >= 11 is 0. The number of nitrogens with one attached hydrogen (secondary N) is 2. The number of carboxylic acid groups (broad SMARTS) is 1. The van der Waals surface area contributed by atoms with Gasteiger partial charge < -0.3 is 15.7 Å². The number of carbonyl (C=O) groups is 1. The molecule has 132 valence electrons.